The molecule has 0 unspecified atom stereocenters. The average Bonchev–Trinajstić information content (AvgIpc) is 3.07. The van der Waals surface area contributed by atoms with Crippen molar-refractivity contribution in [3.05, 3.63) is 46.2 Å². The zero-order valence-electron chi connectivity index (χ0n) is 12.7. The molecule has 1 aromatic heterocycles. The molecule has 1 aliphatic carbocycles. The predicted molar refractivity (Wildman–Crippen MR) is 87.7 cm³/mol. The molecule has 0 atom stereocenters. The fraction of sp³-hybridized carbons (Fsp3) is 0.353. The third-order valence-corrected chi connectivity index (χ3v) is 4.92. The van der Waals surface area contributed by atoms with Crippen molar-refractivity contribution in [2.45, 2.75) is 32.0 Å². The van der Waals surface area contributed by atoms with Gasteiger partial charge in [0, 0.05) is 23.0 Å². The molecule has 5 nitrogen and oxygen atoms in total. The SMILES string of the molecule is O=C(NCc1cccc2c1OCO2)N(Cc1cccs1)C1CC1. The lowest BCUT2D eigenvalue weighted by molar-refractivity contribution is 0.173. The fourth-order valence-electron chi connectivity index (χ4n) is 2.73. The monoisotopic (exact) mass is 330 g/mol. The molecule has 1 aromatic carbocycles. The predicted octanol–water partition coefficient (Wildman–Crippen LogP) is 3.35. The molecular formula is C17H18N2O3S. The van der Waals surface area contributed by atoms with E-state index in [0.717, 1.165) is 29.9 Å². The van der Waals surface area contributed by atoms with E-state index in [0.29, 0.717) is 19.1 Å². The van der Waals surface area contributed by atoms with Crippen LogP contribution in [0.2, 0.25) is 0 Å². The Balaban J connectivity index is 1.41. The highest BCUT2D eigenvalue weighted by molar-refractivity contribution is 7.09. The minimum atomic E-state index is -0.0163. The van der Waals surface area contributed by atoms with E-state index in [1.807, 2.05) is 34.5 Å². The Bertz CT molecular complexity index is 698. The van der Waals surface area contributed by atoms with Crippen LogP contribution in [-0.2, 0) is 13.1 Å². The van der Waals surface area contributed by atoms with Gasteiger partial charge in [0.1, 0.15) is 0 Å². The quantitative estimate of drug-likeness (QED) is 0.915. The highest BCUT2D eigenvalue weighted by Gasteiger charge is 2.32. The van der Waals surface area contributed by atoms with Gasteiger partial charge in [-0.05, 0) is 30.4 Å². The van der Waals surface area contributed by atoms with Crippen molar-refractivity contribution in [2.24, 2.45) is 0 Å². The highest BCUT2D eigenvalue weighted by atomic mass is 32.1. The first kappa shape index (κ1) is 14.4. The summed E-state index contributed by atoms with van der Waals surface area (Å²) in [6.45, 7) is 1.37. The number of rotatable bonds is 5. The van der Waals surface area contributed by atoms with Crippen LogP contribution < -0.4 is 14.8 Å². The van der Waals surface area contributed by atoms with Gasteiger partial charge in [0.25, 0.3) is 0 Å². The van der Waals surface area contributed by atoms with E-state index in [2.05, 4.69) is 11.4 Å². The summed E-state index contributed by atoms with van der Waals surface area (Å²) in [4.78, 5) is 15.7. The number of nitrogens with zero attached hydrogens (tertiary/aromatic N) is 1. The number of urea groups is 1. The molecule has 1 N–H and O–H groups in total. The number of fused-ring (bicyclic) bond motifs is 1. The van der Waals surface area contributed by atoms with Gasteiger partial charge in [0.05, 0.1) is 6.54 Å². The molecule has 0 radical (unpaired) electrons. The van der Waals surface area contributed by atoms with Crippen LogP contribution in [-0.4, -0.2) is 23.8 Å². The molecule has 23 heavy (non-hydrogen) atoms. The molecular weight excluding hydrogens is 312 g/mol. The average molecular weight is 330 g/mol. The van der Waals surface area contributed by atoms with Crippen LogP contribution in [0.15, 0.2) is 35.7 Å². The van der Waals surface area contributed by atoms with Crippen molar-refractivity contribution in [2.75, 3.05) is 6.79 Å². The van der Waals surface area contributed by atoms with Crippen LogP contribution in [0.1, 0.15) is 23.3 Å². The minimum absolute atomic E-state index is 0.0163. The van der Waals surface area contributed by atoms with Crippen LogP contribution in [0.4, 0.5) is 4.79 Å². The van der Waals surface area contributed by atoms with Crippen LogP contribution in [0.25, 0.3) is 0 Å². The molecule has 1 fully saturated rings. The maximum Gasteiger partial charge on any atom is 0.318 e. The zero-order chi connectivity index (χ0) is 15.6. The number of amides is 2. The second-order valence-electron chi connectivity index (χ2n) is 5.75. The standard InChI is InChI=1S/C17H18N2O3S/c20-17(19(13-6-7-13)10-14-4-2-8-23-14)18-9-12-3-1-5-15-16(12)22-11-21-15/h1-5,8,13H,6-7,9-11H2,(H,18,20). The number of carbonyl (C=O) groups excluding carboxylic acids is 1. The first-order chi connectivity index (χ1) is 11.3. The minimum Gasteiger partial charge on any atom is -0.454 e. The van der Waals surface area contributed by atoms with Gasteiger partial charge >= 0.3 is 6.03 Å². The Morgan fingerprint density at radius 2 is 2.17 bits per heavy atom. The van der Waals surface area contributed by atoms with E-state index in [1.54, 1.807) is 11.3 Å². The molecule has 120 valence electrons. The van der Waals surface area contributed by atoms with E-state index in [-0.39, 0.29) is 12.8 Å². The number of para-hydroxylation sites is 1. The number of benzene rings is 1. The Hall–Kier alpha value is -2.21. The Labute approximate surface area is 138 Å². The van der Waals surface area contributed by atoms with Gasteiger partial charge in [-0.1, -0.05) is 18.2 Å². The third kappa shape index (κ3) is 3.12. The van der Waals surface area contributed by atoms with Crippen LogP contribution in [0, 0.1) is 0 Å². The van der Waals surface area contributed by atoms with Gasteiger partial charge in [-0.3, -0.25) is 0 Å². The van der Waals surface area contributed by atoms with Crippen molar-refractivity contribution in [1.29, 1.82) is 0 Å². The number of nitrogens with one attached hydrogen (secondary N) is 1. The molecule has 0 spiro atoms. The first-order valence-corrected chi connectivity index (χ1v) is 8.63. The summed E-state index contributed by atoms with van der Waals surface area (Å²) in [5.41, 5.74) is 0.945. The number of hydrogen-bond donors (Lipinski definition) is 1. The molecule has 2 heterocycles. The normalized spacial score (nSPS) is 15.5. The Morgan fingerprint density at radius 3 is 2.96 bits per heavy atom. The van der Waals surface area contributed by atoms with Crippen LogP contribution in [0.3, 0.4) is 0 Å². The first-order valence-electron chi connectivity index (χ1n) is 7.75. The summed E-state index contributed by atoms with van der Waals surface area (Å²) in [7, 11) is 0. The van der Waals surface area contributed by atoms with E-state index in [1.165, 1.54) is 4.88 Å². The molecule has 4 rings (SSSR count). The number of ether oxygens (including phenoxy) is 2. The van der Waals surface area contributed by atoms with Crippen molar-refractivity contribution >= 4 is 17.4 Å². The smallest absolute Gasteiger partial charge is 0.318 e. The fourth-order valence-corrected chi connectivity index (χ4v) is 3.43. The molecule has 2 aromatic rings. The third-order valence-electron chi connectivity index (χ3n) is 4.06. The van der Waals surface area contributed by atoms with Crippen molar-refractivity contribution in [3.63, 3.8) is 0 Å². The molecule has 1 saturated carbocycles. The summed E-state index contributed by atoms with van der Waals surface area (Å²) in [5.74, 6) is 1.48. The van der Waals surface area contributed by atoms with Gasteiger partial charge in [-0.15, -0.1) is 11.3 Å². The molecule has 0 saturated heterocycles. The number of hydrogen-bond acceptors (Lipinski definition) is 4. The van der Waals surface area contributed by atoms with E-state index in [9.17, 15) is 4.79 Å². The topological polar surface area (TPSA) is 50.8 Å². The maximum absolute atomic E-state index is 12.6. The van der Waals surface area contributed by atoms with Gasteiger partial charge in [-0.2, -0.15) is 0 Å². The van der Waals surface area contributed by atoms with Gasteiger partial charge in [0.15, 0.2) is 11.5 Å². The number of thiophene rings is 1. The lowest BCUT2D eigenvalue weighted by Crippen LogP contribution is -2.40. The summed E-state index contributed by atoms with van der Waals surface area (Å²) in [6.07, 6.45) is 2.19. The van der Waals surface area contributed by atoms with Crippen molar-refractivity contribution < 1.29 is 14.3 Å². The number of carbonyl (C=O) groups is 1. The van der Waals surface area contributed by atoms with E-state index in [4.69, 9.17) is 9.47 Å². The van der Waals surface area contributed by atoms with Crippen LogP contribution >= 0.6 is 11.3 Å². The summed E-state index contributed by atoms with van der Waals surface area (Å²) in [5, 5.41) is 5.06. The second kappa shape index (κ2) is 6.12. The zero-order valence-corrected chi connectivity index (χ0v) is 13.5. The lowest BCUT2D eigenvalue weighted by atomic mass is 10.2. The van der Waals surface area contributed by atoms with E-state index < -0.39 is 0 Å². The largest absolute Gasteiger partial charge is 0.454 e. The summed E-state index contributed by atoms with van der Waals surface area (Å²) >= 11 is 1.69. The summed E-state index contributed by atoms with van der Waals surface area (Å²) in [6, 6.07) is 10.2. The van der Waals surface area contributed by atoms with Crippen molar-refractivity contribution in [1.82, 2.24) is 10.2 Å². The highest BCUT2D eigenvalue weighted by Crippen LogP contribution is 2.35. The van der Waals surface area contributed by atoms with Gasteiger partial charge in [-0.25, -0.2) is 4.79 Å². The molecule has 6 heteroatoms. The second-order valence-corrected chi connectivity index (χ2v) is 6.78. The molecule has 2 aliphatic rings. The summed E-state index contributed by atoms with van der Waals surface area (Å²) < 4.78 is 10.8. The molecule has 1 aliphatic heterocycles. The van der Waals surface area contributed by atoms with Crippen LogP contribution in [0.5, 0.6) is 11.5 Å². The lowest BCUT2D eigenvalue weighted by Gasteiger charge is -2.22. The van der Waals surface area contributed by atoms with Gasteiger partial charge < -0.3 is 19.7 Å². The maximum atomic E-state index is 12.6. The Morgan fingerprint density at radius 1 is 1.26 bits per heavy atom. The van der Waals surface area contributed by atoms with E-state index >= 15 is 0 Å². The molecule has 2 amide bonds. The molecule has 0 bridgehead atoms. The van der Waals surface area contributed by atoms with Gasteiger partial charge in [0.2, 0.25) is 6.79 Å². The Kier molecular flexibility index (Phi) is 3.83. The van der Waals surface area contributed by atoms with Crippen molar-refractivity contribution in [3.8, 4) is 11.5 Å².